The van der Waals surface area contributed by atoms with Gasteiger partial charge < -0.3 is 4.57 Å². The quantitative estimate of drug-likeness (QED) is 0.660. The van der Waals surface area contributed by atoms with Crippen LogP contribution in [-0.4, -0.2) is 4.57 Å². The van der Waals surface area contributed by atoms with Crippen molar-refractivity contribution < 1.29 is 13.2 Å². The third-order valence-corrected chi connectivity index (χ3v) is 3.98. The average molecular weight is 388 g/mol. The van der Waals surface area contributed by atoms with E-state index in [9.17, 15) is 18.4 Å². The summed E-state index contributed by atoms with van der Waals surface area (Å²) in [5.74, 6) is 2.19. The maximum atomic E-state index is 13.3. The second kappa shape index (κ2) is 6.08. The summed E-state index contributed by atoms with van der Waals surface area (Å²) in [4.78, 5) is 0. The molecule has 0 radical (unpaired) electrons. The van der Waals surface area contributed by atoms with Crippen LogP contribution in [0.15, 0.2) is 28.7 Å². The van der Waals surface area contributed by atoms with Crippen LogP contribution in [-0.2, 0) is 12.7 Å². The van der Waals surface area contributed by atoms with Crippen molar-refractivity contribution in [2.45, 2.75) is 12.7 Å². The second-order valence-corrected chi connectivity index (χ2v) is 5.52. The summed E-state index contributed by atoms with van der Waals surface area (Å²) in [6.45, 7) is -0.312. The fourth-order valence-electron chi connectivity index (χ4n) is 2.12. The van der Waals surface area contributed by atoms with Crippen molar-refractivity contribution in [3.8, 4) is 29.7 Å². The van der Waals surface area contributed by atoms with E-state index in [1.807, 2.05) is 0 Å². The molecular weight excluding hydrogens is 381 g/mol. The highest BCUT2D eigenvalue weighted by Crippen LogP contribution is 2.43. The molecule has 2 aromatic rings. The van der Waals surface area contributed by atoms with Gasteiger partial charge in [0, 0.05) is 5.02 Å². The van der Waals surface area contributed by atoms with E-state index >= 15 is 0 Å². The zero-order valence-corrected chi connectivity index (χ0v) is 13.2. The lowest BCUT2D eigenvalue weighted by atomic mass is 10.1. The minimum atomic E-state index is -4.65. The highest BCUT2D eigenvalue weighted by atomic mass is 79.9. The van der Waals surface area contributed by atoms with Crippen molar-refractivity contribution in [1.29, 1.82) is 5.26 Å². The highest BCUT2D eigenvalue weighted by Gasteiger charge is 2.40. The van der Waals surface area contributed by atoms with Gasteiger partial charge in [-0.05, 0) is 33.6 Å². The van der Waals surface area contributed by atoms with E-state index < -0.39 is 11.9 Å². The predicted octanol–water partition coefficient (Wildman–Crippen LogP) is 5.09. The van der Waals surface area contributed by atoms with E-state index in [0.717, 1.165) is 4.57 Å². The van der Waals surface area contributed by atoms with E-state index in [1.54, 1.807) is 6.07 Å². The van der Waals surface area contributed by atoms with Gasteiger partial charge in [0.15, 0.2) is 0 Å². The topological polar surface area (TPSA) is 28.7 Å². The van der Waals surface area contributed by atoms with Gasteiger partial charge in [0.1, 0.15) is 11.8 Å². The Balaban J connectivity index is 2.86. The van der Waals surface area contributed by atoms with Gasteiger partial charge in [-0.3, -0.25) is 0 Å². The van der Waals surface area contributed by atoms with Crippen molar-refractivity contribution in [3.63, 3.8) is 0 Å². The molecule has 2 rings (SSSR count). The summed E-state index contributed by atoms with van der Waals surface area (Å²) in [6, 6.07) is 7.95. The van der Waals surface area contributed by atoms with Crippen LogP contribution >= 0.6 is 27.5 Å². The van der Waals surface area contributed by atoms with Crippen LogP contribution in [0.1, 0.15) is 11.3 Å². The summed E-state index contributed by atoms with van der Waals surface area (Å²) < 4.78 is 40.5. The van der Waals surface area contributed by atoms with Crippen molar-refractivity contribution in [1.82, 2.24) is 4.57 Å². The minimum Gasteiger partial charge on any atom is -0.323 e. The van der Waals surface area contributed by atoms with E-state index in [4.69, 9.17) is 18.0 Å². The molecule has 0 saturated carbocycles. The number of terminal acetylenes is 1. The summed E-state index contributed by atoms with van der Waals surface area (Å²) in [5.41, 5.74) is -0.569. The zero-order valence-electron chi connectivity index (χ0n) is 10.9. The summed E-state index contributed by atoms with van der Waals surface area (Å²) in [6.07, 6.45) is 0.540. The van der Waals surface area contributed by atoms with Crippen LogP contribution in [0.4, 0.5) is 13.2 Å². The third kappa shape index (κ3) is 2.85. The molecule has 22 heavy (non-hydrogen) atoms. The Morgan fingerprint density at radius 1 is 1.27 bits per heavy atom. The van der Waals surface area contributed by atoms with Gasteiger partial charge in [-0.25, -0.2) is 0 Å². The molecular formula is C15H7BrClF3N2. The molecule has 1 aromatic carbocycles. The van der Waals surface area contributed by atoms with Gasteiger partial charge in [-0.1, -0.05) is 29.7 Å². The molecule has 7 heteroatoms. The van der Waals surface area contributed by atoms with Gasteiger partial charge in [-0.2, -0.15) is 18.4 Å². The second-order valence-electron chi connectivity index (χ2n) is 4.29. The Hall–Kier alpha value is -1.89. The number of rotatable bonds is 2. The lowest BCUT2D eigenvalue weighted by molar-refractivity contribution is -0.143. The molecule has 0 amide bonds. The molecule has 0 aliphatic heterocycles. The fraction of sp³-hybridized carbons (Fsp3) is 0.133. The van der Waals surface area contributed by atoms with Crippen LogP contribution in [0.5, 0.6) is 0 Å². The Kier molecular flexibility index (Phi) is 4.55. The molecule has 0 N–H and O–H groups in total. The zero-order chi connectivity index (χ0) is 16.5. The lowest BCUT2D eigenvalue weighted by Crippen LogP contribution is -2.14. The average Bonchev–Trinajstić information content (AvgIpc) is 2.72. The van der Waals surface area contributed by atoms with Crippen molar-refractivity contribution in [2.24, 2.45) is 0 Å². The van der Waals surface area contributed by atoms with Gasteiger partial charge in [0.2, 0.25) is 0 Å². The predicted molar refractivity (Wildman–Crippen MR) is 81.1 cm³/mol. The van der Waals surface area contributed by atoms with Crippen LogP contribution in [0.25, 0.3) is 11.3 Å². The number of aromatic nitrogens is 1. The third-order valence-electron chi connectivity index (χ3n) is 2.95. The van der Waals surface area contributed by atoms with E-state index in [1.165, 1.54) is 24.3 Å². The normalized spacial score (nSPS) is 11.0. The highest BCUT2D eigenvalue weighted by molar-refractivity contribution is 9.10. The van der Waals surface area contributed by atoms with Gasteiger partial charge in [0.25, 0.3) is 0 Å². The molecule has 0 atom stereocenters. The molecule has 0 fully saturated rings. The number of nitriles is 1. The first-order valence-corrected chi connectivity index (χ1v) is 7.07. The van der Waals surface area contributed by atoms with Crippen molar-refractivity contribution in [2.75, 3.05) is 0 Å². The summed E-state index contributed by atoms with van der Waals surface area (Å²) >= 11 is 8.66. The van der Waals surface area contributed by atoms with Crippen molar-refractivity contribution >= 4 is 27.5 Å². The molecule has 0 aliphatic carbocycles. The molecule has 0 bridgehead atoms. The Bertz CT molecular complexity index is 793. The standard InChI is InChI=1S/C15H7BrClF3N2/c1-2-7-22-13(9-3-5-10(17)6-4-9)11(8-21)12(16)14(22)15(18,19)20/h1,3-6H,7H2. The maximum absolute atomic E-state index is 13.3. The Morgan fingerprint density at radius 3 is 2.32 bits per heavy atom. The first-order valence-electron chi connectivity index (χ1n) is 5.90. The maximum Gasteiger partial charge on any atom is 0.432 e. The molecule has 1 aromatic heterocycles. The summed E-state index contributed by atoms with van der Waals surface area (Å²) in [5, 5.41) is 9.69. The van der Waals surface area contributed by atoms with E-state index in [2.05, 4.69) is 21.9 Å². The van der Waals surface area contributed by atoms with Crippen LogP contribution in [0, 0.1) is 23.7 Å². The van der Waals surface area contributed by atoms with Gasteiger partial charge >= 0.3 is 6.18 Å². The van der Waals surface area contributed by atoms with Crippen LogP contribution < -0.4 is 0 Å². The minimum absolute atomic E-state index is 0.108. The number of benzene rings is 1. The van der Waals surface area contributed by atoms with Crippen molar-refractivity contribution in [3.05, 3.63) is 45.0 Å². The number of alkyl halides is 3. The molecule has 2 nitrogen and oxygen atoms in total. The lowest BCUT2D eigenvalue weighted by Gasteiger charge is -2.13. The van der Waals surface area contributed by atoms with Crippen LogP contribution in [0.3, 0.4) is 0 Å². The number of halogens is 5. The SMILES string of the molecule is C#CCn1c(-c2ccc(Cl)cc2)c(C#N)c(Br)c1C(F)(F)F. The molecule has 0 unspecified atom stereocenters. The molecule has 0 spiro atoms. The Morgan fingerprint density at radius 2 is 1.86 bits per heavy atom. The van der Waals surface area contributed by atoms with Gasteiger partial charge in [-0.15, -0.1) is 6.42 Å². The monoisotopic (exact) mass is 386 g/mol. The first kappa shape index (κ1) is 16.5. The smallest absolute Gasteiger partial charge is 0.323 e. The first-order chi connectivity index (χ1) is 10.3. The number of hydrogen-bond donors (Lipinski definition) is 0. The number of nitrogens with zero attached hydrogens (tertiary/aromatic N) is 2. The largest absolute Gasteiger partial charge is 0.432 e. The van der Waals surface area contributed by atoms with Crippen LogP contribution in [0.2, 0.25) is 5.02 Å². The van der Waals surface area contributed by atoms with E-state index in [0.29, 0.717) is 10.6 Å². The number of hydrogen-bond acceptors (Lipinski definition) is 1. The van der Waals surface area contributed by atoms with Gasteiger partial charge in [0.05, 0.1) is 22.3 Å². The molecule has 1 heterocycles. The molecule has 0 saturated heterocycles. The molecule has 112 valence electrons. The van der Waals surface area contributed by atoms with E-state index in [-0.39, 0.29) is 22.3 Å². The Labute approximate surface area is 138 Å². The molecule has 0 aliphatic rings. The fourth-order valence-corrected chi connectivity index (χ4v) is 2.97. The summed E-state index contributed by atoms with van der Waals surface area (Å²) in [7, 11) is 0.